The number of rotatable bonds is 2. The molecule has 0 unspecified atom stereocenters. The van der Waals surface area contributed by atoms with Crippen molar-refractivity contribution in [2.45, 2.75) is 36.6 Å². The zero-order chi connectivity index (χ0) is 12.3. The van der Waals surface area contributed by atoms with E-state index in [1.165, 1.54) is 18.5 Å². The van der Waals surface area contributed by atoms with Gasteiger partial charge in [0.05, 0.1) is 0 Å². The van der Waals surface area contributed by atoms with Gasteiger partial charge >= 0.3 is 0 Å². The number of hydrogen-bond donors (Lipinski definition) is 2. The van der Waals surface area contributed by atoms with Crippen LogP contribution in [0.2, 0.25) is 0 Å². The van der Waals surface area contributed by atoms with Crippen molar-refractivity contribution in [2.75, 3.05) is 0 Å². The second-order valence-corrected chi connectivity index (χ2v) is 5.64. The van der Waals surface area contributed by atoms with Crippen molar-refractivity contribution < 1.29 is 4.79 Å². The van der Waals surface area contributed by atoms with Gasteiger partial charge in [-0.3, -0.25) is 9.59 Å². The van der Waals surface area contributed by atoms with Crippen molar-refractivity contribution in [3.63, 3.8) is 0 Å². The van der Waals surface area contributed by atoms with Gasteiger partial charge in [0, 0.05) is 29.3 Å². The van der Waals surface area contributed by atoms with Gasteiger partial charge in [-0.25, -0.2) is 0 Å². The molecule has 1 aromatic rings. The van der Waals surface area contributed by atoms with Gasteiger partial charge < -0.3 is 10.3 Å². The number of aromatic nitrogens is 1. The maximum absolute atomic E-state index is 11.9. The van der Waals surface area contributed by atoms with Gasteiger partial charge in [0.15, 0.2) is 5.43 Å². The lowest BCUT2D eigenvalue weighted by Crippen LogP contribution is -2.39. The summed E-state index contributed by atoms with van der Waals surface area (Å²) in [5.74, 6) is -0.273. The van der Waals surface area contributed by atoms with E-state index >= 15 is 0 Å². The molecule has 0 radical (unpaired) electrons. The minimum absolute atomic E-state index is 0.188. The molecule has 92 valence electrons. The van der Waals surface area contributed by atoms with Gasteiger partial charge in [0.1, 0.15) is 5.56 Å². The highest BCUT2D eigenvalue weighted by Gasteiger charge is 2.21. The summed E-state index contributed by atoms with van der Waals surface area (Å²) in [4.78, 5) is 26.7. The molecule has 1 heterocycles. The minimum atomic E-state index is -0.273. The van der Waals surface area contributed by atoms with Crippen LogP contribution in [0, 0.1) is 0 Å². The summed E-state index contributed by atoms with van der Waals surface area (Å²) < 4.78 is 0. The predicted molar refractivity (Wildman–Crippen MR) is 69.5 cm³/mol. The molecule has 1 saturated carbocycles. The minimum Gasteiger partial charge on any atom is -0.367 e. The zero-order valence-corrected chi connectivity index (χ0v) is 11.0. The molecule has 1 fully saturated rings. The highest BCUT2D eigenvalue weighted by Crippen LogP contribution is 2.24. The largest absolute Gasteiger partial charge is 0.367 e. The molecule has 0 saturated heterocycles. The summed E-state index contributed by atoms with van der Waals surface area (Å²) in [6.45, 7) is 0. The molecule has 1 aromatic heterocycles. The Hall–Kier alpha value is -1.10. The first-order valence-corrected chi connectivity index (χ1v) is 6.70. The number of nitrogens with one attached hydrogen (secondary N) is 2. The molecule has 0 spiro atoms. The summed E-state index contributed by atoms with van der Waals surface area (Å²) in [6.07, 6.45) is 7.04. The topological polar surface area (TPSA) is 62.0 Å². The Bertz CT molecular complexity index is 450. The van der Waals surface area contributed by atoms with E-state index in [0.29, 0.717) is 4.83 Å². The van der Waals surface area contributed by atoms with Crippen LogP contribution in [-0.2, 0) is 0 Å². The van der Waals surface area contributed by atoms with Crippen molar-refractivity contribution >= 4 is 21.8 Å². The van der Waals surface area contributed by atoms with Crippen LogP contribution in [0.1, 0.15) is 36.0 Å². The molecule has 1 aliphatic carbocycles. The van der Waals surface area contributed by atoms with Crippen LogP contribution >= 0.6 is 15.9 Å². The van der Waals surface area contributed by atoms with Crippen molar-refractivity contribution in [2.24, 2.45) is 0 Å². The van der Waals surface area contributed by atoms with Crippen molar-refractivity contribution in [3.8, 4) is 0 Å². The number of carbonyl (C=O) groups is 1. The number of alkyl halides is 1. The first-order valence-electron chi connectivity index (χ1n) is 5.79. The molecule has 0 atom stereocenters. The summed E-state index contributed by atoms with van der Waals surface area (Å²) >= 11 is 3.57. The van der Waals surface area contributed by atoms with Gasteiger partial charge in [-0.1, -0.05) is 15.9 Å². The van der Waals surface area contributed by atoms with Crippen molar-refractivity contribution in [1.82, 2.24) is 10.3 Å². The van der Waals surface area contributed by atoms with Gasteiger partial charge in [-0.15, -0.1) is 0 Å². The number of H-pyrrole nitrogens is 1. The van der Waals surface area contributed by atoms with E-state index in [0.717, 1.165) is 25.7 Å². The molecule has 2 N–H and O–H groups in total. The Labute approximate surface area is 108 Å². The highest BCUT2D eigenvalue weighted by atomic mass is 79.9. The number of amides is 1. The Morgan fingerprint density at radius 3 is 2.71 bits per heavy atom. The van der Waals surface area contributed by atoms with Gasteiger partial charge in [0.2, 0.25) is 0 Å². The number of pyridine rings is 1. The lowest BCUT2D eigenvalue weighted by Gasteiger charge is -2.25. The Kier molecular flexibility index (Phi) is 3.99. The zero-order valence-electron chi connectivity index (χ0n) is 9.41. The smallest absolute Gasteiger partial charge is 0.256 e. The fraction of sp³-hybridized carbons (Fsp3) is 0.500. The number of halogens is 1. The number of hydrogen-bond acceptors (Lipinski definition) is 2. The molecule has 4 nitrogen and oxygen atoms in total. The lowest BCUT2D eigenvalue weighted by molar-refractivity contribution is 0.0927. The Morgan fingerprint density at radius 2 is 2.06 bits per heavy atom. The molecule has 0 aliphatic heterocycles. The number of aromatic amines is 1. The van der Waals surface area contributed by atoms with E-state index in [1.807, 2.05) is 0 Å². The maximum Gasteiger partial charge on any atom is 0.256 e. The summed E-state index contributed by atoms with van der Waals surface area (Å²) in [5, 5.41) is 2.92. The summed E-state index contributed by atoms with van der Waals surface area (Å²) in [7, 11) is 0. The molecule has 0 bridgehead atoms. The average Bonchev–Trinajstić information content (AvgIpc) is 2.32. The lowest BCUT2D eigenvalue weighted by atomic mass is 9.95. The third-order valence-corrected chi connectivity index (χ3v) is 3.98. The summed E-state index contributed by atoms with van der Waals surface area (Å²) in [5.41, 5.74) is -0.0520. The van der Waals surface area contributed by atoms with E-state index in [2.05, 4.69) is 26.2 Å². The second kappa shape index (κ2) is 5.49. The Morgan fingerprint density at radius 1 is 1.35 bits per heavy atom. The third kappa shape index (κ3) is 3.19. The molecule has 0 aromatic carbocycles. The van der Waals surface area contributed by atoms with E-state index in [1.54, 1.807) is 0 Å². The van der Waals surface area contributed by atoms with Crippen molar-refractivity contribution in [1.29, 1.82) is 0 Å². The van der Waals surface area contributed by atoms with Crippen LogP contribution in [0.4, 0.5) is 0 Å². The van der Waals surface area contributed by atoms with Crippen LogP contribution in [0.25, 0.3) is 0 Å². The SMILES string of the molecule is O=C(NC1CCC(Br)CC1)c1c[nH]ccc1=O. The average molecular weight is 299 g/mol. The molecular formula is C12H15BrN2O2. The van der Waals surface area contributed by atoms with E-state index in [-0.39, 0.29) is 22.9 Å². The molecule has 1 amide bonds. The Balaban J connectivity index is 1.98. The fourth-order valence-corrected chi connectivity index (χ4v) is 2.58. The normalized spacial score (nSPS) is 24.3. The third-order valence-electron chi connectivity index (χ3n) is 3.06. The van der Waals surface area contributed by atoms with Crippen LogP contribution in [-0.4, -0.2) is 21.8 Å². The van der Waals surface area contributed by atoms with Crippen LogP contribution in [0.5, 0.6) is 0 Å². The predicted octanol–water partition coefficient (Wildman–Crippen LogP) is 1.81. The maximum atomic E-state index is 11.9. The second-order valence-electron chi connectivity index (χ2n) is 4.34. The van der Waals surface area contributed by atoms with E-state index in [4.69, 9.17) is 0 Å². The first kappa shape index (κ1) is 12.4. The fourth-order valence-electron chi connectivity index (χ4n) is 2.05. The van der Waals surface area contributed by atoms with E-state index in [9.17, 15) is 9.59 Å². The van der Waals surface area contributed by atoms with Gasteiger partial charge in [-0.2, -0.15) is 0 Å². The molecule has 2 rings (SSSR count). The standard InChI is InChI=1S/C12H15BrN2O2/c13-8-1-3-9(4-2-8)15-12(17)10-7-14-6-5-11(10)16/h5-9H,1-4H2,(H,14,16)(H,15,17). The number of carbonyl (C=O) groups excluding carboxylic acids is 1. The molecular weight excluding hydrogens is 284 g/mol. The van der Waals surface area contributed by atoms with Gasteiger partial charge in [-0.05, 0) is 25.7 Å². The quantitative estimate of drug-likeness (QED) is 0.818. The van der Waals surface area contributed by atoms with Crippen LogP contribution < -0.4 is 10.7 Å². The molecule has 17 heavy (non-hydrogen) atoms. The first-order chi connectivity index (χ1) is 8.16. The molecule has 5 heteroatoms. The monoisotopic (exact) mass is 298 g/mol. The van der Waals surface area contributed by atoms with Gasteiger partial charge in [0.25, 0.3) is 5.91 Å². The highest BCUT2D eigenvalue weighted by molar-refractivity contribution is 9.09. The van der Waals surface area contributed by atoms with Crippen molar-refractivity contribution in [3.05, 3.63) is 34.2 Å². The van der Waals surface area contributed by atoms with Crippen LogP contribution in [0.15, 0.2) is 23.3 Å². The molecule has 1 aliphatic rings. The van der Waals surface area contributed by atoms with Crippen LogP contribution in [0.3, 0.4) is 0 Å². The van der Waals surface area contributed by atoms with E-state index < -0.39 is 0 Å². The summed E-state index contributed by atoms with van der Waals surface area (Å²) in [6, 6.07) is 1.56.